The maximum atomic E-state index is 12.3. The molecule has 0 fully saturated rings. The Morgan fingerprint density at radius 3 is 2.07 bits per heavy atom. The molecule has 2 aromatic rings. The number of anilines is 1. The van der Waals surface area contributed by atoms with E-state index in [2.05, 4.69) is 10.6 Å². The summed E-state index contributed by atoms with van der Waals surface area (Å²) in [5, 5.41) is 26.7. The molecular formula is C18H16N4O7S. The Morgan fingerprint density at radius 1 is 1.00 bits per heavy atom. The van der Waals surface area contributed by atoms with Crippen LogP contribution in [0, 0.1) is 20.2 Å². The van der Waals surface area contributed by atoms with Crippen molar-refractivity contribution in [2.75, 3.05) is 11.9 Å². The molecular weight excluding hydrogens is 416 g/mol. The Balaban J connectivity index is 2.06. The molecule has 2 rings (SSSR count). The van der Waals surface area contributed by atoms with Crippen LogP contribution in [0.1, 0.15) is 34.1 Å². The zero-order chi connectivity index (χ0) is 22.3. The molecule has 12 heteroatoms. The summed E-state index contributed by atoms with van der Waals surface area (Å²) in [4.78, 5) is 44.2. The minimum atomic E-state index is -0.862. The van der Waals surface area contributed by atoms with Gasteiger partial charge in [0.15, 0.2) is 5.11 Å². The zero-order valence-corrected chi connectivity index (χ0v) is 16.4. The number of hydrogen-bond donors (Lipinski definition) is 2. The molecule has 30 heavy (non-hydrogen) atoms. The summed E-state index contributed by atoms with van der Waals surface area (Å²) in [5.74, 6) is -1.33. The van der Waals surface area contributed by atoms with Gasteiger partial charge in [0.25, 0.3) is 17.3 Å². The zero-order valence-electron chi connectivity index (χ0n) is 15.6. The third kappa shape index (κ3) is 6.04. The van der Waals surface area contributed by atoms with E-state index >= 15 is 0 Å². The first-order valence-electron chi connectivity index (χ1n) is 8.54. The van der Waals surface area contributed by atoms with Crippen LogP contribution in [0.25, 0.3) is 0 Å². The van der Waals surface area contributed by atoms with Crippen molar-refractivity contribution in [1.29, 1.82) is 0 Å². The number of hydrogen-bond acceptors (Lipinski definition) is 8. The number of thiocarbonyl (C=S) groups is 1. The van der Waals surface area contributed by atoms with Crippen LogP contribution in [-0.2, 0) is 4.74 Å². The molecule has 11 nitrogen and oxygen atoms in total. The van der Waals surface area contributed by atoms with Crippen LogP contribution >= 0.6 is 12.2 Å². The molecule has 1 amide bonds. The number of carbonyl (C=O) groups is 2. The maximum Gasteiger partial charge on any atom is 0.338 e. The molecule has 0 atom stereocenters. The molecule has 0 saturated carbocycles. The highest BCUT2D eigenvalue weighted by atomic mass is 32.1. The summed E-state index contributed by atoms with van der Waals surface area (Å²) in [7, 11) is 0. The smallest absolute Gasteiger partial charge is 0.338 e. The molecule has 0 aromatic heterocycles. The first-order chi connectivity index (χ1) is 14.2. The van der Waals surface area contributed by atoms with Crippen molar-refractivity contribution in [3.8, 4) is 0 Å². The van der Waals surface area contributed by atoms with Crippen molar-refractivity contribution < 1.29 is 24.2 Å². The van der Waals surface area contributed by atoms with E-state index in [9.17, 15) is 29.8 Å². The van der Waals surface area contributed by atoms with Crippen LogP contribution in [-0.4, -0.2) is 33.4 Å². The average molecular weight is 432 g/mol. The third-order valence-corrected chi connectivity index (χ3v) is 3.83. The molecule has 0 heterocycles. The van der Waals surface area contributed by atoms with Crippen LogP contribution in [0.2, 0.25) is 0 Å². The van der Waals surface area contributed by atoms with E-state index in [0.717, 1.165) is 18.2 Å². The summed E-state index contributed by atoms with van der Waals surface area (Å²) in [5.41, 5.74) is -0.697. The number of nitrogens with zero attached hydrogens (tertiary/aromatic N) is 2. The molecule has 0 aliphatic rings. The molecule has 2 aromatic carbocycles. The van der Waals surface area contributed by atoms with Crippen LogP contribution in [0.15, 0.2) is 42.5 Å². The van der Waals surface area contributed by atoms with Crippen LogP contribution in [0.3, 0.4) is 0 Å². The van der Waals surface area contributed by atoms with E-state index in [-0.39, 0.29) is 10.7 Å². The number of nitrogens with one attached hydrogen (secondary N) is 2. The monoisotopic (exact) mass is 432 g/mol. The van der Waals surface area contributed by atoms with Crippen molar-refractivity contribution in [2.24, 2.45) is 0 Å². The summed E-state index contributed by atoms with van der Waals surface area (Å²) < 4.78 is 5.01. The van der Waals surface area contributed by atoms with E-state index in [1.54, 1.807) is 12.1 Å². The number of nitro benzene ring substituents is 2. The predicted octanol–water partition coefficient (Wildman–Crippen LogP) is 3.20. The van der Waals surface area contributed by atoms with Gasteiger partial charge >= 0.3 is 5.97 Å². The van der Waals surface area contributed by atoms with Gasteiger partial charge in [-0.3, -0.25) is 30.3 Å². The van der Waals surface area contributed by atoms with E-state index in [1.165, 1.54) is 12.1 Å². The normalized spacial score (nSPS) is 10.0. The first kappa shape index (κ1) is 22.4. The second-order valence-corrected chi connectivity index (χ2v) is 6.28. The number of amides is 1. The molecule has 0 aliphatic heterocycles. The SMILES string of the molecule is CCCOC(=O)c1ccc(NC(=S)NC(=O)c2cc([N+](=O)[O-])cc([N+](=O)[O-])c2)cc1. The molecule has 0 spiro atoms. The van der Waals surface area contributed by atoms with Gasteiger partial charge in [-0.1, -0.05) is 6.92 Å². The quantitative estimate of drug-likeness (QED) is 0.290. The summed E-state index contributed by atoms with van der Waals surface area (Å²) in [6.07, 6.45) is 0.701. The maximum absolute atomic E-state index is 12.3. The largest absolute Gasteiger partial charge is 0.462 e. The van der Waals surface area contributed by atoms with Crippen LogP contribution in [0.4, 0.5) is 17.1 Å². The fourth-order valence-electron chi connectivity index (χ4n) is 2.24. The number of esters is 1. The van der Waals surface area contributed by atoms with Gasteiger partial charge in [-0.2, -0.15) is 0 Å². The van der Waals surface area contributed by atoms with Gasteiger partial charge in [0, 0.05) is 17.8 Å². The van der Waals surface area contributed by atoms with Gasteiger partial charge in [-0.25, -0.2) is 4.79 Å². The highest BCUT2D eigenvalue weighted by Gasteiger charge is 2.20. The van der Waals surface area contributed by atoms with Gasteiger partial charge in [-0.15, -0.1) is 0 Å². The minimum Gasteiger partial charge on any atom is -0.462 e. The van der Waals surface area contributed by atoms with Crippen LogP contribution < -0.4 is 10.6 Å². The molecule has 2 N–H and O–H groups in total. The first-order valence-corrected chi connectivity index (χ1v) is 8.95. The number of carbonyl (C=O) groups excluding carboxylic acids is 2. The topological polar surface area (TPSA) is 154 Å². The number of nitro groups is 2. The van der Waals surface area contributed by atoms with Gasteiger partial charge in [-0.05, 0) is 42.9 Å². The highest BCUT2D eigenvalue weighted by molar-refractivity contribution is 7.80. The second kappa shape index (κ2) is 10.0. The molecule has 0 saturated heterocycles. The summed E-state index contributed by atoms with van der Waals surface area (Å²) in [6, 6.07) is 8.66. The fraction of sp³-hybridized carbons (Fsp3) is 0.167. The van der Waals surface area contributed by atoms with Crippen molar-refractivity contribution in [1.82, 2.24) is 5.32 Å². The van der Waals surface area contributed by atoms with Crippen molar-refractivity contribution in [3.63, 3.8) is 0 Å². The summed E-state index contributed by atoms with van der Waals surface area (Å²) in [6.45, 7) is 2.19. The lowest BCUT2D eigenvalue weighted by molar-refractivity contribution is -0.394. The minimum absolute atomic E-state index is 0.143. The van der Waals surface area contributed by atoms with E-state index < -0.39 is 33.1 Å². The van der Waals surface area contributed by atoms with Gasteiger partial charge in [0.2, 0.25) is 0 Å². The second-order valence-electron chi connectivity index (χ2n) is 5.87. The third-order valence-electron chi connectivity index (χ3n) is 3.63. The number of ether oxygens (including phenoxy) is 1. The Labute approximate surface area is 175 Å². The van der Waals surface area contributed by atoms with Crippen molar-refractivity contribution >= 4 is 46.3 Å². The lowest BCUT2D eigenvalue weighted by Crippen LogP contribution is -2.34. The Hall–Kier alpha value is -3.93. The molecule has 0 unspecified atom stereocenters. The lowest BCUT2D eigenvalue weighted by atomic mass is 10.1. The highest BCUT2D eigenvalue weighted by Crippen LogP contribution is 2.22. The number of rotatable bonds is 7. The molecule has 0 aliphatic carbocycles. The van der Waals surface area contributed by atoms with Gasteiger partial charge in [0.1, 0.15) is 0 Å². The van der Waals surface area contributed by atoms with Gasteiger partial charge < -0.3 is 10.1 Å². The average Bonchev–Trinajstić information content (AvgIpc) is 2.71. The molecule has 156 valence electrons. The standard InChI is InChI=1S/C18H16N4O7S/c1-2-7-29-17(24)11-3-5-13(6-4-11)19-18(30)20-16(23)12-8-14(21(25)26)10-15(9-12)22(27)28/h3-6,8-10H,2,7H2,1H3,(H2,19,20,23,30). The predicted molar refractivity (Wildman–Crippen MR) is 110 cm³/mol. The van der Waals surface area contributed by atoms with Crippen LogP contribution in [0.5, 0.6) is 0 Å². The van der Waals surface area contributed by atoms with E-state index in [4.69, 9.17) is 17.0 Å². The number of benzene rings is 2. The Bertz CT molecular complexity index is 976. The van der Waals surface area contributed by atoms with E-state index in [1.807, 2.05) is 6.92 Å². The van der Waals surface area contributed by atoms with Gasteiger partial charge in [0.05, 0.1) is 33.6 Å². The lowest BCUT2D eigenvalue weighted by Gasteiger charge is -2.10. The Morgan fingerprint density at radius 2 is 1.57 bits per heavy atom. The summed E-state index contributed by atoms with van der Waals surface area (Å²) >= 11 is 5.02. The Kier molecular flexibility index (Phi) is 7.47. The fourth-order valence-corrected chi connectivity index (χ4v) is 2.45. The van der Waals surface area contributed by atoms with E-state index in [0.29, 0.717) is 24.3 Å². The molecule has 0 bridgehead atoms. The molecule has 0 radical (unpaired) electrons. The van der Waals surface area contributed by atoms with Crippen molar-refractivity contribution in [3.05, 3.63) is 73.8 Å². The number of non-ortho nitro benzene ring substituents is 2. The van der Waals surface area contributed by atoms with Crippen molar-refractivity contribution in [2.45, 2.75) is 13.3 Å².